The lowest BCUT2D eigenvalue weighted by Crippen LogP contribution is -2.27. The number of hydrogen-bond acceptors (Lipinski definition) is 3. The number of aromatic nitrogens is 2. The zero-order chi connectivity index (χ0) is 20.3. The van der Waals surface area contributed by atoms with E-state index in [4.69, 9.17) is 4.79 Å². The van der Waals surface area contributed by atoms with E-state index in [1.807, 2.05) is 17.8 Å². The lowest BCUT2D eigenvalue weighted by Gasteiger charge is -2.36. The maximum atomic E-state index is 13.7. The minimum Gasteiger partial charge on any atom is -0.377 e. The third-order valence-corrected chi connectivity index (χ3v) is 4.71. The zero-order valence-electron chi connectivity index (χ0n) is 15.3. The largest absolute Gasteiger partial charge is 0.377 e. The topological polar surface area (TPSA) is 72.9 Å². The van der Waals surface area contributed by atoms with Crippen LogP contribution in [0.4, 0.5) is 14.5 Å². The number of rotatable bonds is 2. The van der Waals surface area contributed by atoms with Crippen LogP contribution in [0, 0.1) is 11.6 Å². The summed E-state index contributed by atoms with van der Waals surface area (Å²) in [5.41, 5.74) is 7.47. The van der Waals surface area contributed by atoms with Crippen LogP contribution in [0.3, 0.4) is 0 Å². The first kappa shape index (κ1) is 19.3. The van der Waals surface area contributed by atoms with Gasteiger partial charge in [0.2, 0.25) is 6.41 Å². The van der Waals surface area contributed by atoms with Crippen molar-refractivity contribution >= 4 is 17.7 Å². The molecule has 0 spiro atoms. The average Bonchev–Trinajstić information content (AvgIpc) is 3.08. The van der Waals surface area contributed by atoms with E-state index < -0.39 is 0 Å². The Morgan fingerprint density at radius 1 is 1.21 bits per heavy atom. The highest BCUT2D eigenvalue weighted by Crippen LogP contribution is 2.48. The van der Waals surface area contributed by atoms with Crippen molar-refractivity contribution in [1.82, 2.24) is 9.55 Å². The number of amides is 1. The fraction of sp³-hybridized carbons (Fsp3) is 0.143. The number of anilines is 1. The molecule has 0 aliphatic carbocycles. The predicted octanol–water partition coefficient (Wildman–Crippen LogP) is 4.26. The Balaban J connectivity index is 0.000000851. The molecule has 0 saturated heterocycles. The fourth-order valence-electron chi connectivity index (χ4n) is 3.46. The molecule has 1 aromatic heterocycles. The lowest BCUT2D eigenvalue weighted by molar-refractivity contribution is -0.106. The van der Waals surface area contributed by atoms with Gasteiger partial charge in [-0.2, -0.15) is 0 Å². The summed E-state index contributed by atoms with van der Waals surface area (Å²) in [4.78, 5) is 13.1. The molecule has 0 saturated carbocycles. The molecule has 3 aromatic rings. The summed E-state index contributed by atoms with van der Waals surface area (Å²) in [6.07, 6.45) is 3.87. The van der Waals surface area contributed by atoms with Crippen molar-refractivity contribution in [3.63, 3.8) is 0 Å². The summed E-state index contributed by atoms with van der Waals surface area (Å²) in [6, 6.07) is 10.7. The first-order valence-electron chi connectivity index (χ1n) is 8.59. The highest BCUT2D eigenvalue weighted by molar-refractivity contribution is 5.82. The highest BCUT2D eigenvalue weighted by atomic mass is 19.1. The van der Waals surface area contributed by atoms with E-state index in [9.17, 15) is 8.78 Å². The van der Waals surface area contributed by atoms with Gasteiger partial charge in [-0.15, -0.1) is 0 Å². The SMILES string of the molecule is C=C1c2ccc(F)cc2NC(c2ccc(F)cc2)C1c1nccn1C.NC=O.[HH].[HH]. The van der Waals surface area contributed by atoms with Gasteiger partial charge in [-0.1, -0.05) is 18.7 Å². The Hall–Kier alpha value is -3.48. The number of halogens is 2. The molecule has 1 amide bonds. The zero-order valence-corrected chi connectivity index (χ0v) is 15.3. The van der Waals surface area contributed by atoms with Crippen molar-refractivity contribution < 1.29 is 16.4 Å². The van der Waals surface area contributed by atoms with Crippen LogP contribution < -0.4 is 11.1 Å². The van der Waals surface area contributed by atoms with Crippen molar-refractivity contribution in [3.05, 3.63) is 90.0 Å². The molecule has 0 bridgehead atoms. The van der Waals surface area contributed by atoms with Crippen molar-refractivity contribution in [1.29, 1.82) is 0 Å². The number of benzene rings is 2. The third kappa shape index (κ3) is 3.64. The molecule has 2 atom stereocenters. The molecule has 4 rings (SSSR count). The van der Waals surface area contributed by atoms with Crippen molar-refractivity contribution in [2.24, 2.45) is 12.8 Å². The minimum absolute atomic E-state index is 0. The smallest absolute Gasteiger partial charge is 0.204 e. The molecule has 2 unspecified atom stereocenters. The Bertz CT molecular complexity index is 1010. The van der Waals surface area contributed by atoms with E-state index in [-0.39, 0.29) is 32.9 Å². The Kier molecular flexibility index (Phi) is 5.54. The molecule has 28 heavy (non-hydrogen) atoms. The standard InChI is InChI=1S/C20H17F2N3.CH3NO.2H2/c1-12-16-8-7-15(22)11-17(16)24-19(13-3-5-14(21)6-4-13)18(12)20-23-9-10-25(20)2;2-1-3;;/h3-11,18-19,24H,1H2,2H3;1H,(H2,2,3);2*1H. The average molecular weight is 386 g/mol. The first-order chi connectivity index (χ1) is 13.5. The van der Waals surface area contributed by atoms with Crippen molar-refractivity contribution in [2.45, 2.75) is 12.0 Å². The van der Waals surface area contributed by atoms with Crippen molar-refractivity contribution in [3.8, 4) is 0 Å². The number of nitrogens with two attached hydrogens (primary N) is 1. The van der Waals surface area contributed by atoms with Crippen LogP contribution in [0.5, 0.6) is 0 Å². The van der Waals surface area contributed by atoms with Crippen LogP contribution in [0.1, 0.15) is 31.8 Å². The summed E-state index contributed by atoms with van der Waals surface area (Å²) < 4.78 is 29.0. The van der Waals surface area contributed by atoms with E-state index >= 15 is 0 Å². The number of nitrogens with zero attached hydrogens (tertiary/aromatic N) is 2. The van der Waals surface area contributed by atoms with E-state index in [2.05, 4.69) is 22.6 Å². The molecule has 148 valence electrons. The number of nitrogens with one attached hydrogen (secondary N) is 1. The van der Waals surface area contributed by atoms with Crippen molar-refractivity contribution in [2.75, 3.05) is 5.32 Å². The number of primary amides is 1. The highest BCUT2D eigenvalue weighted by Gasteiger charge is 2.35. The molecular formula is C21H24F2N4O. The van der Waals surface area contributed by atoms with E-state index in [1.54, 1.807) is 24.4 Å². The second-order valence-corrected chi connectivity index (χ2v) is 6.40. The van der Waals surface area contributed by atoms with Gasteiger partial charge in [-0.25, -0.2) is 13.8 Å². The second-order valence-electron chi connectivity index (χ2n) is 6.40. The van der Waals surface area contributed by atoms with Crippen LogP contribution >= 0.6 is 0 Å². The fourth-order valence-corrected chi connectivity index (χ4v) is 3.46. The van der Waals surface area contributed by atoms with Gasteiger partial charge in [0, 0.05) is 33.5 Å². The van der Waals surface area contributed by atoms with Crippen LogP contribution in [-0.2, 0) is 11.8 Å². The summed E-state index contributed by atoms with van der Waals surface area (Å²) >= 11 is 0. The number of fused-ring (bicyclic) bond motifs is 1. The molecule has 0 radical (unpaired) electrons. The van der Waals surface area contributed by atoms with Gasteiger partial charge in [0.15, 0.2) is 0 Å². The normalized spacial score (nSPS) is 17.8. The molecule has 5 nitrogen and oxygen atoms in total. The number of imidazole rings is 1. The van der Waals surface area contributed by atoms with Gasteiger partial charge in [0.05, 0.1) is 12.0 Å². The Labute approximate surface area is 164 Å². The van der Waals surface area contributed by atoms with Gasteiger partial charge in [0.1, 0.15) is 17.5 Å². The van der Waals surface area contributed by atoms with Crippen LogP contribution in [-0.4, -0.2) is 16.0 Å². The molecule has 0 fully saturated rings. The van der Waals surface area contributed by atoms with E-state index in [0.717, 1.165) is 22.5 Å². The van der Waals surface area contributed by atoms with Gasteiger partial charge in [-0.05, 0) is 41.5 Å². The van der Waals surface area contributed by atoms with E-state index in [0.29, 0.717) is 5.69 Å². The third-order valence-electron chi connectivity index (χ3n) is 4.71. The second kappa shape index (κ2) is 8.04. The first-order valence-corrected chi connectivity index (χ1v) is 8.59. The molecule has 7 heteroatoms. The van der Waals surface area contributed by atoms with Gasteiger partial charge in [0.25, 0.3) is 0 Å². The van der Waals surface area contributed by atoms with Crippen LogP contribution in [0.15, 0.2) is 61.4 Å². The van der Waals surface area contributed by atoms with Gasteiger partial charge >= 0.3 is 0 Å². The Morgan fingerprint density at radius 3 is 2.46 bits per heavy atom. The summed E-state index contributed by atoms with van der Waals surface area (Å²) in [5, 5.41) is 3.39. The number of carbonyl (C=O) groups excluding carboxylic acids is 1. The number of aryl methyl sites for hydroxylation is 1. The number of hydrogen-bond donors (Lipinski definition) is 2. The molecule has 2 heterocycles. The molecule has 1 aliphatic heterocycles. The summed E-state index contributed by atoms with van der Waals surface area (Å²) in [6.45, 7) is 4.27. The van der Waals surface area contributed by atoms with Gasteiger partial charge < -0.3 is 15.6 Å². The maximum Gasteiger partial charge on any atom is 0.204 e. The quantitative estimate of drug-likeness (QED) is 0.647. The monoisotopic (exact) mass is 386 g/mol. The van der Waals surface area contributed by atoms with Gasteiger partial charge in [-0.3, -0.25) is 4.79 Å². The lowest BCUT2D eigenvalue weighted by atomic mass is 9.79. The maximum absolute atomic E-state index is 13.7. The Morgan fingerprint density at radius 2 is 1.86 bits per heavy atom. The summed E-state index contributed by atoms with van der Waals surface area (Å²) in [5.74, 6) is 0.0935. The number of carbonyl (C=O) groups is 1. The molecule has 1 aliphatic rings. The molecular weight excluding hydrogens is 362 g/mol. The van der Waals surface area contributed by atoms with E-state index in [1.165, 1.54) is 24.3 Å². The summed E-state index contributed by atoms with van der Waals surface area (Å²) in [7, 11) is 1.93. The minimum atomic E-state index is -0.313. The predicted molar refractivity (Wildman–Crippen MR) is 109 cm³/mol. The van der Waals surface area contributed by atoms with Crippen LogP contribution in [0.2, 0.25) is 0 Å². The van der Waals surface area contributed by atoms with Crippen LogP contribution in [0.25, 0.3) is 5.57 Å². The molecule has 2 aromatic carbocycles. The molecule has 3 N–H and O–H groups in total.